The Labute approximate surface area is 234 Å². The number of likely N-dealkylation sites (N-methyl/N-ethyl adjacent to an activating group) is 1. The Morgan fingerprint density at radius 1 is 0.923 bits per heavy atom. The number of rotatable bonds is 10. The van der Waals surface area contributed by atoms with Gasteiger partial charge in [0.25, 0.3) is 0 Å². The van der Waals surface area contributed by atoms with Gasteiger partial charge in [-0.15, -0.1) is 0 Å². The smallest absolute Gasteiger partial charge is 0.243 e. The summed E-state index contributed by atoms with van der Waals surface area (Å²) in [4.78, 5) is 28.7. The van der Waals surface area contributed by atoms with E-state index in [0.29, 0.717) is 10.6 Å². The summed E-state index contributed by atoms with van der Waals surface area (Å²) in [5.74, 6) is -1.40. The van der Waals surface area contributed by atoms with Gasteiger partial charge >= 0.3 is 0 Å². The molecule has 10 heteroatoms. The molecule has 0 spiro atoms. The third kappa shape index (κ3) is 8.61. The predicted molar refractivity (Wildman–Crippen MR) is 150 cm³/mol. The number of carbonyl (C=O) groups excluding carboxylic acids is 2. The van der Waals surface area contributed by atoms with Crippen LogP contribution in [0.5, 0.6) is 0 Å². The zero-order valence-corrected chi connectivity index (χ0v) is 24.0. The number of benzene rings is 3. The third-order valence-corrected chi connectivity index (χ3v) is 7.98. The molecule has 0 heterocycles. The average Bonchev–Trinajstić information content (AvgIpc) is 2.87. The number of amides is 2. The normalized spacial score (nSPS) is 12.7. The van der Waals surface area contributed by atoms with Crippen molar-refractivity contribution in [1.82, 2.24) is 14.5 Å². The van der Waals surface area contributed by atoms with Crippen molar-refractivity contribution < 1.29 is 22.4 Å². The Bertz CT molecular complexity index is 1380. The first-order chi connectivity index (χ1) is 18.3. The maximum atomic E-state index is 13.8. The summed E-state index contributed by atoms with van der Waals surface area (Å²) in [5, 5.41) is 3.33. The number of sulfonamides is 1. The van der Waals surface area contributed by atoms with E-state index in [0.717, 1.165) is 9.87 Å². The van der Waals surface area contributed by atoms with E-state index >= 15 is 0 Å². The molecule has 0 aliphatic rings. The highest BCUT2D eigenvalue weighted by Gasteiger charge is 2.34. The lowest BCUT2D eigenvalue weighted by atomic mass is 10.0. The standard InChI is InChI=1S/C29H33ClFN3O4S/c1-29(2,3)32-28(36)26(18-21-8-6-5-7-9-21)34(19-22-10-14-24(31)15-11-22)27(35)20-33(4)39(37,38)25-16-12-23(30)13-17-25/h5-17,26H,18-20H2,1-4H3,(H,32,36)/t26-/m1/s1. The number of halogens is 2. The minimum Gasteiger partial charge on any atom is -0.350 e. The quantitative estimate of drug-likeness (QED) is 0.382. The average molecular weight is 574 g/mol. The monoisotopic (exact) mass is 573 g/mol. The zero-order chi connectivity index (χ0) is 28.8. The summed E-state index contributed by atoms with van der Waals surface area (Å²) in [6.07, 6.45) is 0.198. The second-order valence-corrected chi connectivity index (χ2v) is 12.8. The molecule has 2 amide bonds. The van der Waals surface area contributed by atoms with Crippen LogP contribution in [-0.2, 0) is 32.6 Å². The number of carbonyl (C=O) groups is 2. The van der Waals surface area contributed by atoms with Gasteiger partial charge in [-0.25, -0.2) is 12.8 Å². The number of nitrogens with one attached hydrogen (secondary N) is 1. The molecule has 0 bridgehead atoms. The fourth-order valence-corrected chi connectivity index (χ4v) is 5.19. The molecular weight excluding hydrogens is 541 g/mol. The summed E-state index contributed by atoms with van der Waals surface area (Å²) in [6.45, 7) is 4.97. The van der Waals surface area contributed by atoms with Crippen LogP contribution in [0.2, 0.25) is 5.02 Å². The van der Waals surface area contributed by atoms with E-state index in [4.69, 9.17) is 11.6 Å². The molecule has 0 saturated carbocycles. The summed E-state index contributed by atoms with van der Waals surface area (Å²) >= 11 is 5.90. The summed E-state index contributed by atoms with van der Waals surface area (Å²) in [5.41, 5.74) is 0.839. The second-order valence-electron chi connectivity index (χ2n) is 10.3. The second kappa shape index (κ2) is 12.7. The highest BCUT2D eigenvalue weighted by Crippen LogP contribution is 2.20. The van der Waals surface area contributed by atoms with Crippen LogP contribution < -0.4 is 5.32 Å². The van der Waals surface area contributed by atoms with Crippen LogP contribution in [0.1, 0.15) is 31.9 Å². The molecule has 3 rings (SSSR count). The molecule has 39 heavy (non-hydrogen) atoms. The minimum absolute atomic E-state index is 0.0152. The molecule has 0 aromatic heterocycles. The minimum atomic E-state index is -4.02. The number of hydrogen-bond donors (Lipinski definition) is 1. The molecule has 1 atom stereocenters. The largest absolute Gasteiger partial charge is 0.350 e. The van der Waals surface area contributed by atoms with Crippen LogP contribution >= 0.6 is 11.6 Å². The van der Waals surface area contributed by atoms with Crippen LogP contribution in [-0.4, -0.2) is 54.6 Å². The molecule has 7 nitrogen and oxygen atoms in total. The van der Waals surface area contributed by atoms with Crippen LogP contribution in [0.25, 0.3) is 0 Å². The van der Waals surface area contributed by atoms with E-state index in [1.807, 2.05) is 51.1 Å². The van der Waals surface area contributed by atoms with Gasteiger partial charge in [0.15, 0.2) is 0 Å². The first kappa shape index (κ1) is 30.3. The third-order valence-electron chi connectivity index (χ3n) is 5.92. The molecule has 0 aliphatic carbocycles. The summed E-state index contributed by atoms with van der Waals surface area (Å²) < 4.78 is 40.9. The topological polar surface area (TPSA) is 86.8 Å². The molecular formula is C29H33ClFN3O4S. The molecule has 0 saturated heterocycles. The van der Waals surface area contributed by atoms with Crippen molar-refractivity contribution in [2.45, 2.75) is 50.2 Å². The molecule has 1 N–H and O–H groups in total. The number of hydrogen-bond acceptors (Lipinski definition) is 4. The van der Waals surface area contributed by atoms with Crippen molar-refractivity contribution in [2.24, 2.45) is 0 Å². The molecule has 0 radical (unpaired) electrons. The first-order valence-corrected chi connectivity index (χ1v) is 14.2. The van der Waals surface area contributed by atoms with Crippen LogP contribution in [0.3, 0.4) is 0 Å². The van der Waals surface area contributed by atoms with Gasteiger partial charge in [-0.05, 0) is 68.3 Å². The molecule has 0 fully saturated rings. The maximum Gasteiger partial charge on any atom is 0.243 e. The van der Waals surface area contributed by atoms with Gasteiger partial charge in [0.05, 0.1) is 11.4 Å². The Hall–Kier alpha value is -3.27. The van der Waals surface area contributed by atoms with Crippen LogP contribution in [0, 0.1) is 5.82 Å². The molecule has 0 aliphatic heterocycles. The Kier molecular flexibility index (Phi) is 9.88. The highest BCUT2D eigenvalue weighted by atomic mass is 35.5. The summed E-state index contributed by atoms with van der Waals surface area (Å²) in [7, 11) is -2.71. The molecule has 0 unspecified atom stereocenters. The van der Waals surface area contributed by atoms with Gasteiger partial charge in [0.1, 0.15) is 11.9 Å². The molecule has 3 aromatic carbocycles. The number of nitrogens with zero attached hydrogens (tertiary/aromatic N) is 2. The van der Waals surface area contributed by atoms with Crippen molar-refractivity contribution in [3.05, 3.63) is 101 Å². The molecule has 208 valence electrons. The van der Waals surface area contributed by atoms with Gasteiger partial charge in [-0.2, -0.15) is 4.31 Å². The Morgan fingerprint density at radius 3 is 2.08 bits per heavy atom. The van der Waals surface area contributed by atoms with Gasteiger partial charge in [-0.1, -0.05) is 54.1 Å². The van der Waals surface area contributed by atoms with Crippen LogP contribution in [0.4, 0.5) is 4.39 Å². The van der Waals surface area contributed by atoms with E-state index in [-0.39, 0.29) is 23.8 Å². The Balaban J connectivity index is 1.98. The Morgan fingerprint density at radius 2 is 1.51 bits per heavy atom. The SMILES string of the molecule is CN(CC(=O)N(Cc1ccc(F)cc1)[C@H](Cc1ccccc1)C(=O)NC(C)(C)C)S(=O)(=O)c1ccc(Cl)cc1. The lowest BCUT2D eigenvalue weighted by Gasteiger charge is -2.34. The van der Waals surface area contributed by atoms with E-state index in [1.54, 1.807) is 0 Å². The summed E-state index contributed by atoms with van der Waals surface area (Å²) in [6, 6.07) is 19.5. The van der Waals surface area contributed by atoms with E-state index < -0.39 is 39.9 Å². The first-order valence-electron chi connectivity index (χ1n) is 12.4. The van der Waals surface area contributed by atoms with Crippen molar-refractivity contribution in [2.75, 3.05) is 13.6 Å². The van der Waals surface area contributed by atoms with E-state index in [1.165, 1.54) is 60.5 Å². The van der Waals surface area contributed by atoms with Crippen LogP contribution in [0.15, 0.2) is 83.8 Å². The van der Waals surface area contributed by atoms with Gasteiger partial charge in [0.2, 0.25) is 21.8 Å². The van der Waals surface area contributed by atoms with Crippen molar-refractivity contribution >= 4 is 33.4 Å². The highest BCUT2D eigenvalue weighted by molar-refractivity contribution is 7.89. The lowest BCUT2D eigenvalue weighted by Crippen LogP contribution is -2.56. The van der Waals surface area contributed by atoms with Gasteiger partial charge < -0.3 is 10.2 Å². The molecule has 3 aromatic rings. The fraction of sp³-hybridized carbons (Fsp3) is 0.310. The van der Waals surface area contributed by atoms with Crippen molar-refractivity contribution in [3.8, 4) is 0 Å². The maximum absolute atomic E-state index is 13.8. The van der Waals surface area contributed by atoms with Gasteiger partial charge in [0, 0.05) is 30.6 Å². The van der Waals surface area contributed by atoms with E-state index in [9.17, 15) is 22.4 Å². The zero-order valence-electron chi connectivity index (χ0n) is 22.4. The fourth-order valence-electron chi connectivity index (χ4n) is 3.95. The van der Waals surface area contributed by atoms with E-state index in [2.05, 4.69) is 5.32 Å². The van der Waals surface area contributed by atoms with Crippen molar-refractivity contribution in [1.29, 1.82) is 0 Å². The lowest BCUT2D eigenvalue weighted by molar-refractivity contribution is -0.141. The van der Waals surface area contributed by atoms with Gasteiger partial charge in [-0.3, -0.25) is 9.59 Å². The van der Waals surface area contributed by atoms with Crippen molar-refractivity contribution in [3.63, 3.8) is 0 Å². The predicted octanol–water partition coefficient (Wildman–Crippen LogP) is 4.65.